The first-order valence-electron chi connectivity index (χ1n) is 11.7. The third-order valence-corrected chi connectivity index (χ3v) is 6.25. The summed E-state index contributed by atoms with van der Waals surface area (Å²) in [6.07, 6.45) is 3.65. The number of carbonyl (C=O) groups excluding carboxylic acids is 1. The normalized spacial score (nSPS) is 13.5. The van der Waals surface area contributed by atoms with E-state index in [2.05, 4.69) is 18.2 Å². The maximum atomic E-state index is 13.0. The van der Waals surface area contributed by atoms with Crippen molar-refractivity contribution < 1.29 is 14.7 Å². The maximum absolute atomic E-state index is 13.0. The van der Waals surface area contributed by atoms with Crippen molar-refractivity contribution in [3.8, 4) is 6.07 Å². The lowest BCUT2D eigenvalue weighted by molar-refractivity contribution is -0.153. The number of nitriles is 1. The summed E-state index contributed by atoms with van der Waals surface area (Å²) in [5, 5.41) is 19.3. The van der Waals surface area contributed by atoms with Crippen LogP contribution in [0.3, 0.4) is 0 Å². The fourth-order valence-electron chi connectivity index (χ4n) is 4.61. The van der Waals surface area contributed by atoms with Crippen LogP contribution in [-0.4, -0.2) is 34.5 Å². The van der Waals surface area contributed by atoms with Gasteiger partial charge in [0, 0.05) is 24.3 Å². The van der Waals surface area contributed by atoms with Crippen molar-refractivity contribution in [3.63, 3.8) is 0 Å². The van der Waals surface area contributed by atoms with E-state index in [1.165, 1.54) is 10.5 Å². The molecule has 1 N–H and O–H groups in total. The lowest BCUT2D eigenvalue weighted by Gasteiger charge is -2.32. The third kappa shape index (κ3) is 5.54. The second-order valence-corrected chi connectivity index (χ2v) is 8.99. The van der Waals surface area contributed by atoms with Gasteiger partial charge in [-0.1, -0.05) is 57.5 Å². The van der Waals surface area contributed by atoms with Gasteiger partial charge in [-0.25, -0.2) is 4.79 Å². The molecule has 0 bridgehead atoms. The van der Waals surface area contributed by atoms with E-state index in [-0.39, 0.29) is 24.9 Å². The van der Waals surface area contributed by atoms with Crippen LogP contribution >= 0.6 is 0 Å². The van der Waals surface area contributed by atoms with Gasteiger partial charge < -0.3 is 14.9 Å². The van der Waals surface area contributed by atoms with E-state index in [9.17, 15) is 20.0 Å². The summed E-state index contributed by atoms with van der Waals surface area (Å²) in [6, 6.07) is 15.6. The van der Waals surface area contributed by atoms with Crippen LogP contribution in [0.4, 0.5) is 11.4 Å². The third-order valence-electron chi connectivity index (χ3n) is 6.25. The Kier molecular flexibility index (Phi) is 8.11. The van der Waals surface area contributed by atoms with Crippen molar-refractivity contribution >= 4 is 23.3 Å². The molecule has 1 atom stereocenters. The Morgan fingerprint density at radius 1 is 1.12 bits per heavy atom. The second-order valence-electron chi connectivity index (χ2n) is 8.99. The number of carboxylic acids is 1. The Hall–Kier alpha value is -3.33. The summed E-state index contributed by atoms with van der Waals surface area (Å²) in [5.41, 5.74) is 5.26. The van der Waals surface area contributed by atoms with Gasteiger partial charge in [0.2, 0.25) is 5.91 Å². The number of nitrogens with zero attached hydrogens (tertiary/aromatic N) is 3. The zero-order valence-corrected chi connectivity index (χ0v) is 19.8. The Labute approximate surface area is 196 Å². The van der Waals surface area contributed by atoms with Crippen LogP contribution < -0.4 is 4.90 Å². The molecule has 0 fully saturated rings. The minimum atomic E-state index is -0.972. The van der Waals surface area contributed by atoms with Gasteiger partial charge in [-0.2, -0.15) is 5.26 Å². The molecule has 2 aromatic carbocycles. The van der Waals surface area contributed by atoms with Crippen LogP contribution in [0, 0.1) is 17.2 Å². The van der Waals surface area contributed by atoms with E-state index in [4.69, 9.17) is 0 Å². The van der Waals surface area contributed by atoms with E-state index < -0.39 is 12.0 Å². The number of hydrogen-bond acceptors (Lipinski definition) is 4. The van der Waals surface area contributed by atoms with E-state index >= 15 is 0 Å². The SMILES string of the molecule is CCCCC(=O)N(Cc1ccc2c(c1)CCc1ccccc1N2CC#N)C(C(=O)O)C(C)C. The summed E-state index contributed by atoms with van der Waals surface area (Å²) in [6.45, 7) is 6.21. The number of unbranched alkanes of at least 4 members (excludes halogenated alkanes) is 1. The zero-order chi connectivity index (χ0) is 24.0. The zero-order valence-electron chi connectivity index (χ0n) is 19.8. The highest BCUT2D eigenvalue weighted by atomic mass is 16.4. The molecular formula is C27H33N3O3. The van der Waals surface area contributed by atoms with Crippen LogP contribution in [0.25, 0.3) is 0 Å². The van der Waals surface area contributed by atoms with Crippen molar-refractivity contribution in [1.29, 1.82) is 5.26 Å². The molecule has 1 aliphatic heterocycles. The van der Waals surface area contributed by atoms with Gasteiger partial charge in [-0.3, -0.25) is 4.79 Å². The Morgan fingerprint density at radius 2 is 1.82 bits per heavy atom. The first kappa shape index (κ1) is 24.3. The van der Waals surface area contributed by atoms with E-state index in [0.717, 1.165) is 48.2 Å². The minimum absolute atomic E-state index is 0.119. The molecule has 174 valence electrons. The molecule has 0 saturated heterocycles. The summed E-state index contributed by atoms with van der Waals surface area (Å²) in [7, 11) is 0. The van der Waals surface area contributed by atoms with E-state index in [0.29, 0.717) is 6.42 Å². The van der Waals surface area contributed by atoms with Gasteiger partial charge in [0.15, 0.2) is 0 Å². The Bertz CT molecular complexity index is 1040. The predicted molar refractivity (Wildman–Crippen MR) is 129 cm³/mol. The number of rotatable bonds is 9. The largest absolute Gasteiger partial charge is 0.480 e. The molecule has 0 aliphatic carbocycles. The molecule has 2 aromatic rings. The first-order valence-corrected chi connectivity index (χ1v) is 11.7. The molecule has 33 heavy (non-hydrogen) atoms. The van der Waals surface area contributed by atoms with Gasteiger partial charge in [0.25, 0.3) is 0 Å². The van der Waals surface area contributed by atoms with Crippen molar-refractivity contribution in [1.82, 2.24) is 4.90 Å². The van der Waals surface area contributed by atoms with Crippen molar-refractivity contribution in [2.24, 2.45) is 5.92 Å². The van der Waals surface area contributed by atoms with Crippen molar-refractivity contribution in [2.75, 3.05) is 11.4 Å². The maximum Gasteiger partial charge on any atom is 0.326 e. The monoisotopic (exact) mass is 447 g/mol. The van der Waals surface area contributed by atoms with Crippen LogP contribution in [0.2, 0.25) is 0 Å². The molecule has 6 heteroatoms. The number of aryl methyl sites for hydroxylation is 2. The summed E-state index contributed by atoms with van der Waals surface area (Å²) in [4.78, 5) is 28.6. The molecule has 1 heterocycles. The van der Waals surface area contributed by atoms with Crippen LogP contribution in [0.1, 0.15) is 56.7 Å². The lowest BCUT2D eigenvalue weighted by Crippen LogP contribution is -2.47. The number of benzene rings is 2. The molecule has 1 aliphatic rings. The molecule has 0 aromatic heterocycles. The van der Waals surface area contributed by atoms with E-state index in [1.807, 2.05) is 56.0 Å². The Balaban J connectivity index is 1.96. The number of carbonyl (C=O) groups is 2. The van der Waals surface area contributed by atoms with E-state index in [1.54, 1.807) is 0 Å². The summed E-state index contributed by atoms with van der Waals surface area (Å²) in [5.74, 6) is -1.29. The number of amides is 1. The number of hydrogen-bond donors (Lipinski definition) is 1. The average molecular weight is 448 g/mol. The molecular weight excluding hydrogens is 414 g/mol. The summed E-state index contributed by atoms with van der Waals surface area (Å²) >= 11 is 0. The highest BCUT2D eigenvalue weighted by Crippen LogP contribution is 2.36. The van der Waals surface area contributed by atoms with Gasteiger partial charge in [0.05, 0.1) is 6.07 Å². The molecule has 1 unspecified atom stereocenters. The average Bonchev–Trinajstić information content (AvgIpc) is 2.94. The van der Waals surface area contributed by atoms with Crippen molar-refractivity contribution in [3.05, 3.63) is 59.2 Å². The number of para-hydroxylation sites is 1. The minimum Gasteiger partial charge on any atom is -0.480 e. The topological polar surface area (TPSA) is 84.6 Å². The van der Waals surface area contributed by atoms with Crippen LogP contribution in [0.5, 0.6) is 0 Å². The second kappa shape index (κ2) is 11.0. The van der Waals surface area contributed by atoms with Crippen LogP contribution in [-0.2, 0) is 29.0 Å². The van der Waals surface area contributed by atoms with Gasteiger partial charge in [0.1, 0.15) is 12.6 Å². The lowest BCUT2D eigenvalue weighted by atomic mass is 9.99. The quantitative estimate of drug-likeness (QED) is 0.542. The fourth-order valence-corrected chi connectivity index (χ4v) is 4.61. The van der Waals surface area contributed by atoms with Gasteiger partial charge in [-0.05, 0) is 54.0 Å². The standard InChI is InChI=1S/C27H33N3O3/c1-4-5-10-25(31)30(26(19(2)3)27(32)33)18-20-11-14-24-22(17-20)13-12-21-8-6-7-9-23(21)29(24)16-15-28/h6-9,11,14,17,19,26H,4-5,10,12-13,16,18H2,1-3H3,(H,32,33). The first-order chi connectivity index (χ1) is 15.9. The molecule has 0 radical (unpaired) electrons. The van der Waals surface area contributed by atoms with Crippen LogP contribution in [0.15, 0.2) is 42.5 Å². The van der Waals surface area contributed by atoms with Gasteiger partial charge in [-0.15, -0.1) is 0 Å². The number of carboxylic acid groups (broad SMARTS) is 1. The van der Waals surface area contributed by atoms with Crippen molar-refractivity contribution in [2.45, 2.75) is 65.5 Å². The Morgan fingerprint density at radius 3 is 2.48 bits per heavy atom. The summed E-state index contributed by atoms with van der Waals surface area (Å²) < 4.78 is 0. The predicted octanol–water partition coefficient (Wildman–Crippen LogP) is 5.07. The fraction of sp³-hybridized carbons (Fsp3) is 0.444. The highest BCUT2D eigenvalue weighted by molar-refractivity contribution is 5.84. The highest BCUT2D eigenvalue weighted by Gasteiger charge is 2.32. The number of aliphatic carboxylic acids is 1. The number of fused-ring (bicyclic) bond motifs is 2. The molecule has 1 amide bonds. The molecule has 3 rings (SSSR count). The molecule has 6 nitrogen and oxygen atoms in total. The smallest absolute Gasteiger partial charge is 0.326 e. The molecule has 0 saturated carbocycles. The van der Waals surface area contributed by atoms with Gasteiger partial charge >= 0.3 is 5.97 Å². The number of anilines is 2. The molecule has 0 spiro atoms.